The van der Waals surface area contributed by atoms with Crippen molar-refractivity contribution in [1.29, 1.82) is 0 Å². The van der Waals surface area contributed by atoms with E-state index in [4.69, 9.17) is 11.6 Å². The zero-order valence-corrected chi connectivity index (χ0v) is 17.6. The molecular weight excluding hydrogens is 396 g/mol. The number of carbonyl (C=O) groups is 1. The number of sulfonamides is 1. The average Bonchev–Trinajstić information content (AvgIpc) is 2.68. The van der Waals surface area contributed by atoms with Crippen LogP contribution in [-0.4, -0.2) is 31.7 Å². The van der Waals surface area contributed by atoms with E-state index in [1.807, 2.05) is 38.1 Å². The summed E-state index contributed by atoms with van der Waals surface area (Å²) in [7, 11) is -3.64. The van der Waals surface area contributed by atoms with Gasteiger partial charge in [0.15, 0.2) is 0 Å². The monoisotopic (exact) mass is 420 g/mol. The Morgan fingerprint density at radius 2 is 1.86 bits per heavy atom. The van der Waals surface area contributed by atoms with Crippen molar-refractivity contribution in [3.63, 3.8) is 0 Å². The van der Waals surface area contributed by atoms with E-state index in [1.165, 1.54) is 16.4 Å². The summed E-state index contributed by atoms with van der Waals surface area (Å²) in [5.41, 5.74) is 2.18. The fourth-order valence-corrected chi connectivity index (χ4v) is 5.26. The van der Waals surface area contributed by atoms with Crippen LogP contribution in [0, 0.1) is 12.8 Å². The van der Waals surface area contributed by atoms with Gasteiger partial charge in [-0.25, -0.2) is 8.42 Å². The van der Waals surface area contributed by atoms with Crippen molar-refractivity contribution in [2.75, 3.05) is 13.1 Å². The molecule has 7 heteroatoms. The lowest BCUT2D eigenvalue weighted by atomic mass is 9.97. The molecule has 0 bridgehead atoms. The summed E-state index contributed by atoms with van der Waals surface area (Å²) in [5, 5.41) is 3.53. The van der Waals surface area contributed by atoms with Crippen LogP contribution in [0.3, 0.4) is 0 Å². The van der Waals surface area contributed by atoms with Gasteiger partial charge in [0.25, 0.3) is 0 Å². The molecular formula is C21H25ClN2O3S. The van der Waals surface area contributed by atoms with Crippen LogP contribution >= 0.6 is 11.6 Å². The number of nitrogens with one attached hydrogen (secondary N) is 1. The van der Waals surface area contributed by atoms with Crippen molar-refractivity contribution < 1.29 is 13.2 Å². The zero-order chi connectivity index (χ0) is 20.3. The maximum atomic E-state index is 12.9. The van der Waals surface area contributed by atoms with Crippen molar-refractivity contribution in [2.24, 2.45) is 5.92 Å². The molecule has 2 atom stereocenters. The normalized spacial score (nSPS) is 19.2. The number of hydrogen-bond acceptors (Lipinski definition) is 3. The number of hydrogen-bond donors (Lipinski definition) is 1. The molecule has 28 heavy (non-hydrogen) atoms. The molecule has 1 fully saturated rings. The van der Waals surface area contributed by atoms with Crippen molar-refractivity contribution in [1.82, 2.24) is 9.62 Å². The highest BCUT2D eigenvalue weighted by atomic mass is 35.5. The second-order valence-electron chi connectivity index (χ2n) is 7.24. The molecule has 1 aliphatic heterocycles. The molecule has 1 heterocycles. The summed E-state index contributed by atoms with van der Waals surface area (Å²) in [6, 6.07) is 13.9. The van der Waals surface area contributed by atoms with E-state index in [-0.39, 0.29) is 29.3 Å². The third-order valence-corrected chi connectivity index (χ3v) is 7.35. The van der Waals surface area contributed by atoms with Crippen LogP contribution in [0.2, 0.25) is 5.02 Å². The van der Waals surface area contributed by atoms with Crippen LogP contribution in [0.4, 0.5) is 0 Å². The van der Waals surface area contributed by atoms with Gasteiger partial charge in [-0.2, -0.15) is 4.31 Å². The zero-order valence-electron chi connectivity index (χ0n) is 16.1. The standard InChI is InChI=1S/C21H25ClN2O3S/c1-15-6-3-4-8-20(15)16(2)23-21(25)17-7-5-13-24(14-17)28(26,27)19-11-9-18(22)10-12-19/h3-4,6,8-12,16-17H,5,7,13-14H2,1-2H3,(H,23,25)/t16-,17-/m1/s1. The minimum absolute atomic E-state index is 0.105. The lowest BCUT2D eigenvalue weighted by Crippen LogP contribution is -2.45. The van der Waals surface area contributed by atoms with Crippen LogP contribution in [-0.2, 0) is 14.8 Å². The van der Waals surface area contributed by atoms with Gasteiger partial charge in [0.2, 0.25) is 15.9 Å². The summed E-state index contributed by atoms with van der Waals surface area (Å²) in [6.45, 7) is 4.57. The van der Waals surface area contributed by atoms with Gasteiger partial charge in [0.1, 0.15) is 0 Å². The maximum absolute atomic E-state index is 12.9. The maximum Gasteiger partial charge on any atom is 0.243 e. The van der Waals surface area contributed by atoms with E-state index in [9.17, 15) is 13.2 Å². The summed E-state index contributed by atoms with van der Waals surface area (Å²) in [6.07, 6.45) is 1.34. The fraction of sp³-hybridized carbons (Fsp3) is 0.381. The molecule has 0 aliphatic carbocycles. The second kappa shape index (κ2) is 8.64. The van der Waals surface area contributed by atoms with Crippen molar-refractivity contribution >= 4 is 27.5 Å². The van der Waals surface area contributed by atoms with Gasteiger partial charge in [-0.15, -0.1) is 0 Å². The Kier molecular flexibility index (Phi) is 6.43. The number of amides is 1. The first-order chi connectivity index (χ1) is 13.3. The lowest BCUT2D eigenvalue weighted by Gasteiger charge is -2.32. The lowest BCUT2D eigenvalue weighted by molar-refractivity contribution is -0.126. The number of halogens is 1. The molecule has 0 radical (unpaired) electrons. The van der Waals surface area contributed by atoms with Gasteiger partial charge >= 0.3 is 0 Å². The molecule has 2 aromatic rings. The Morgan fingerprint density at radius 1 is 1.18 bits per heavy atom. The molecule has 0 unspecified atom stereocenters. The molecule has 1 saturated heterocycles. The quantitative estimate of drug-likeness (QED) is 0.796. The van der Waals surface area contributed by atoms with Crippen LogP contribution in [0.25, 0.3) is 0 Å². The molecule has 1 amide bonds. The number of nitrogens with zero attached hydrogens (tertiary/aromatic N) is 1. The van der Waals surface area contributed by atoms with Gasteiger partial charge < -0.3 is 5.32 Å². The van der Waals surface area contributed by atoms with Crippen LogP contribution in [0.5, 0.6) is 0 Å². The highest BCUT2D eigenvalue weighted by Gasteiger charge is 2.33. The van der Waals surface area contributed by atoms with E-state index in [2.05, 4.69) is 5.32 Å². The Morgan fingerprint density at radius 3 is 2.54 bits per heavy atom. The predicted molar refractivity (Wildman–Crippen MR) is 111 cm³/mol. The SMILES string of the molecule is Cc1ccccc1[C@@H](C)NC(=O)[C@@H]1CCCN(S(=O)(=O)c2ccc(Cl)cc2)C1. The van der Waals surface area contributed by atoms with Crippen LogP contribution in [0.1, 0.15) is 36.9 Å². The summed E-state index contributed by atoms with van der Waals surface area (Å²) in [5.74, 6) is -0.464. The Bertz CT molecular complexity index is 944. The fourth-order valence-electron chi connectivity index (χ4n) is 3.61. The third-order valence-electron chi connectivity index (χ3n) is 5.22. The number of aryl methyl sites for hydroxylation is 1. The minimum atomic E-state index is -3.64. The topological polar surface area (TPSA) is 66.5 Å². The summed E-state index contributed by atoms with van der Waals surface area (Å²) in [4.78, 5) is 13.0. The van der Waals surface area contributed by atoms with Gasteiger partial charge in [-0.05, 0) is 62.1 Å². The van der Waals surface area contributed by atoms with E-state index in [0.29, 0.717) is 24.4 Å². The van der Waals surface area contributed by atoms with Gasteiger partial charge in [0, 0.05) is 18.1 Å². The Hall–Kier alpha value is -1.89. The summed E-state index contributed by atoms with van der Waals surface area (Å²) >= 11 is 5.86. The number of carbonyl (C=O) groups excluding carboxylic acids is 1. The highest BCUT2D eigenvalue weighted by Crippen LogP contribution is 2.26. The van der Waals surface area contributed by atoms with E-state index in [0.717, 1.165) is 11.1 Å². The number of benzene rings is 2. The smallest absolute Gasteiger partial charge is 0.243 e. The largest absolute Gasteiger partial charge is 0.349 e. The number of piperidine rings is 1. The average molecular weight is 421 g/mol. The molecule has 0 spiro atoms. The van der Waals surface area contributed by atoms with Crippen molar-refractivity contribution in [3.8, 4) is 0 Å². The molecule has 0 saturated carbocycles. The molecule has 150 valence electrons. The van der Waals surface area contributed by atoms with Crippen LogP contribution in [0.15, 0.2) is 53.4 Å². The minimum Gasteiger partial charge on any atom is -0.349 e. The number of rotatable bonds is 5. The van der Waals surface area contributed by atoms with E-state index < -0.39 is 10.0 Å². The van der Waals surface area contributed by atoms with Gasteiger partial charge in [0.05, 0.1) is 16.9 Å². The third kappa shape index (κ3) is 4.57. The van der Waals surface area contributed by atoms with E-state index >= 15 is 0 Å². The van der Waals surface area contributed by atoms with Gasteiger partial charge in [-0.1, -0.05) is 35.9 Å². The van der Waals surface area contributed by atoms with Crippen molar-refractivity contribution in [3.05, 3.63) is 64.7 Å². The van der Waals surface area contributed by atoms with Crippen LogP contribution < -0.4 is 5.32 Å². The Balaban J connectivity index is 1.69. The predicted octanol–water partition coefficient (Wildman–Crippen LogP) is 3.93. The van der Waals surface area contributed by atoms with E-state index in [1.54, 1.807) is 12.1 Å². The molecule has 0 aromatic heterocycles. The highest BCUT2D eigenvalue weighted by molar-refractivity contribution is 7.89. The Labute approximate surface area is 171 Å². The molecule has 1 aliphatic rings. The summed E-state index contributed by atoms with van der Waals surface area (Å²) < 4.78 is 27.2. The molecule has 5 nitrogen and oxygen atoms in total. The first-order valence-electron chi connectivity index (χ1n) is 9.40. The van der Waals surface area contributed by atoms with Crippen molar-refractivity contribution in [2.45, 2.75) is 37.6 Å². The second-order valence-corrected chi connectivity index (χ2v) is 9.62. The first kappa shape index (κ1) is 20.8. The molecule has 1 N–H and O–H groups in total. The van der Waals surface area contributed by atoms with Gasteiger partial charge in [-0.3, -0.25) is 4.79 Å². The molecule has 2 aromatic carbocycles. The molecule has 3 rings (SSSR count). The first-order valence-corrected chi connectivity index (χ1v) is 11.2.